The van der Waals surface area contributed by atoms with Crippen LogP contribution in [0.3, 0.4) is 0 Å². The van der Waals surface area contributed by atoms with Crippen molar-refractivity contribution in [3.63, 3.8) is 0 Å². The fourth-order valence-corrected chi connectivity index (χ4v) is 3.67. The topological polar surface area (TPSA) is 77.5 Å². The highest BCUT2D eigenvalue weighted by Gasteiger charge is 2.36. The summed E-state index contributed by atoms with van der Waals surface area (Å²) in [7, 11) is 3.06. The molecule has 0 bridgehead atoms. The molecule has 0 aromatic heterocycles. The van der Waals surface area contributed by atoms with Crippen molar-refractivity contribution in [1.82, 2.24) is 4.90 Å². The van der Waals surface area contributed by atoms with Crippen molar-refractivity contribution in [2.75, 3.05) is 52.0 Å². The second-order valence-electron chi connectivity index (χ2n) is 7.00. The molecule has 1 saturated heterocycles. The van der Waals surface area contributed by atoms with E-state index < -0.39 is 6.10 Å². The minimum Gasteiger partial charge on any atom is -0.493 e. The van der Waals surface area contributed by atoms with Gasteiger partial charge in [0.25, 0.3) is 11.8 Å². The van der Waals surface area contributed by atoms with Crippen LogP contribution in [0.5, 0.6) is 17.2 Å². The standard InChI is InChI=1S/C22H24N2O6/c1-27-18-8-7-15(13-19(18)28-2)21(25)24-14-20(22(26)23-9-11-29-12-10-23)30-17-6-4-3-5-16(17)24/h3-8,13,20H,9-12,14H2,1-2H3/t20-/m0/s1. The van der Waals surface area contributed by atoms with Crippen LogP contribution in [0.15, 0.2) is 42.5 Å². The number of hydrogen-bond donors (Lipinski definition) is 0. The van der Waals surface area contributed by atoms with E-state index in [4.69, 9.17) is 18.9 Å². The molecule has 4 rings (SSSR count). The Bertz CT molecular complexity index is 941. The van der Waals surface area contributed by atoms with Crippen molar-refractivity contribution in [3.8, 4) is 17.2 Å². The predicted molar refractivity (Wildman–Crippen MR) is 109 cm³/mol. The number of carbonyl (C=O) groups is 2. The molecule has 2 aliphatic rings. The lowest BCUT2D eigenvalue weighted by atomic mass is 10.1. The minimum atomic E-state index is -0.776. The van der Waals surface area contributed by atoms with Crippen LogP contribution in [-0.2, 0) is 9.53 Å². The molecule has 1 fully saturated rings. The van der Waals surface area contributed by atoms with Crippen LogP contribution < -0.4 is 19.1 Å². The number of ether oxygens (including phenoxy) is 4. The Morgan fingerprint density at radius 1 is 1.00 bits per heavy atom. The van der Waals surface area contributed by atoms with Crippen molar-refractivity contribution in [3.05, 3.63) is 48.0 Å². The Hall–Kier alpha value is -3.26. The van der Waals surface area contributed by atoms with E-state index in [1.54, 1.807) is 41.2 Å². The first-order valence-electron chi connectivity index (χ1n) is 9.78. The Balaban J connectivity index is 1.64. The molecule has 0 radical (unpaired) electrons. The number of methoxy groups -OCH3 is 2. The fraction of sp³-hybridized carbons (Fsp3) is 0.364. The number of carbonyl (C=O) groups excluding carboxylic acids is 2. The SMILES string of the molecule is COc1ccc(C(=O)N2C[C@@H](C(=O)N3CCOCC3)Oc3ccccc32)cc1OC. The Morgan fingerprint density at radius 2 is 1.73 bits per heavy atom. The molecule has 2 aromatic rings. The lowest BCUT2D eigenvalue weighted by Crippen LogP contribution is -2.54. The van der Waals surface area contributed by atoms with Crippen molar-refractivity contribution in [2.45, 2.75) is 6.10 Å². The number of amides is 2. The average molecular weight is 412 g/mol. The zero-order valence-electron chi connectivity index (χ0n) is 17.0. The van der Waals surface area contributed by atoms with Crippen molar-refractivity contribution >= 4 is 17.5 Å². The maximum absolute atomic E-state index is 13.4. The van der Waals surface area contributed by atoms with Crippen LogP contribution in [0.1, 0.15) is 10.4 Å². The average Bonchev–Trinajstić information content (AvgIpc) is 2.82. The molecular formula is C22H24N2O6. The normalized spacial score (nSPS) is 18.3. The van der Waals surface area contributed by atoms with Gasteiger partial charge in [-0.25, -0.2) is 0 Å². The van der Waals surface area contributed by atoms with E-state index >= 15 is 0 Å². The Labute approximate surface area is 174 Å². The molecule has 0 aliphatic carbocycles. The first kappa shape index (κ1) is 20.0. The molecule has 8 nitrogen and oxygen atoms in total. The number of fused-ring (bicyclic) bond motifs is 1. The summed E-state index contributed by atoms with van der Waals surface area (Å²) in [5, 5.41) is 0. The van der Waals surface area contributed by atoms with Crippen LogP contribution in [0.25, 0.3) is 0 Å². The summed E-state index contributed by atoms with van der Waals surface area (Å²) in [4.78, 5) is 29.7. The van der Waals surface area contributed by atoms with Crippen LogP contribution in [0, 0.1) is 0 Å². The van der Waals surface area contributed by atoms with E-state index in [2.05, 4.69) is 0 Å². The minimum absolute atomic E-state index is 0.125. The number of nitrogens with zero attached hydrogens (tertiary/aromatic N) is 2. The zero-order chi connectivity index (χ0) is 21.1. The lowest BCUT2D eigenvalue weighted by molar-refractivity contribution is -0.142. The summed E-state index contributed by atoms with van der Waals surface area (Å²) in [5.41, 5.74) is 1.06. The highest BCUT2D eigenvalue weighted by Crippen LogP contribution is 2.35. The third kappa shape index (κ3) is 3.78. The predicted octanol–water partition coefficient (Wildman–Crippen LogP) is 1.97. The van der Waals surface area contributed by atoms with Gasteiger partial charge in [0, 0.05) is 18.7 Å². The summed E-state index contributed by atoms with van der Waals surface area (Å²) >= 11 is 0. The van der Waals surface area contributed by atoms with Crippen molar-refractivity contribution in [1.29, 1.82) is 0 Å². The molecule has 0 N–H and O–H groups in total. The molecule has 2 aliphatic heterocycles. The van der Waals surface area contributed by atoms with Gasteiger partial charge in [-0.2, -0.15) is 0 Å². The highest BCUT2D eigenvalue weighted by molar-refractivity contribution is 6.08. The van der Waals surface area contributed by atoms with Crippen LogP contribution in [-0.4, -0.2) is 69.9 Å². The second-order valence-corrected chi connectivity index (χ2v) is 7.00. The van der Waals surface area contributed by atoms with Gasteiger partial charge in [-0.05, 0) is 30.3 Å². The van der Waals surface area contributed by atoms with Crippen LogP contribution in [0.4, 0.5) is 5.69 Å². The van der Waals surface area contributed by atoms with E-state index in [1.807, 2.05) is 18.2 Å². The highest BCUT2D eigenvalue weighted by atomic mass is 16.5. The van der Waals surface area contributed by atoms with Gasteiger partial charge in [-0.15, -0.1) is 0 Å². The summed E-state index contributed by atoms with van der Waals surface area (Å²) in [5.74, 6) is 1.12. The summed E-state index contributed by atoms with van der Waals surface area (Å²) in [6.07, 6.45) is -0.776. The number of benzene rings is 2. The number of hydrogen-bond acceptors (Lipinski definition) is 6. The fourth-order valence-electron chi connectivity index (χ4n) is 3.67. The van der Waals surface area contributed by atoms with Gasteiger partial charge in [0.2, 0.25) is 0 Å². The van der Waals surface area contributed by atoms with E-state index in [0.717, 1.165) is 0 Å². The molecule has 0 unspecified atom stereocenters. The first-order valence-corrected chi connectivity index (χ1v) is 9.78. The van der Waals surface area contributed by atoms with E-state index in [1.165, 1.54) is 7.11 Å². The van der Waals surface area contributed by atoms with Crippen LogP contribution >= 0.6 is 0 Å². The maximum atomic E-state index is 13.4. The number of rotatable bonds is 4. The van der Waals surface area contributed by atoms with E-state index in [0.29, 0.717) is 54.8 Å². The summed E-state index contributed by atoms with van der Waals surface area (Å²) in [6, 6.07) is 12.2. The smallest absolute Gasteiger partial charge is 0.265 e. The van der Waals surface area contributed by atoms with Gasteiger partial charge in [-0.1, -0.05) is 12.1 Å². The molecule has 2 amide bonds. The molecule has 8 heteroatoms. The molecular weight excluding hydrogens is 388 g/mol. The maximum Gasteiger partial charge on any atom is 0.265 e. The largest absolute Gasteiger partial charge is 0.493 e. The number of para-hydroxylation sites is 2. The number of anilines is 1. The molecule has 30 heavy (non-hydrogen) atoms. The third-order valence-electron chi connectivity index (χ3n) is 5.25. The zero-order valence-corrected chi connectivity index (χ0v) is 17.0. The monoisotopic (exact) mass is 412 g/mol. The molecule has 1 atom stereocenters. The van der Waals surface area contributed by atoms with E-state index in [-0.39, 0.29) is 18.4 Å². The molecule has 0 saturated carbocycles. The van der Waals surface area contributed by atoms with Gasteiger partial charge in [-0.3, -0.25) is 9.59 Å². The van der Waals surface area contributed by atoms with Crippen LogP contribution in [0.2, 0.25) is 0 Å². The first-order chi connectivity index (χ1) is 14.6. The van der Waals surface area contributed by atoms with Gasteiger partial charge in [0.15, 0.2) is 17.6 Å². The summed E-state index contributed by atoms with van der Waals surface area (Å²) < 4.78 is 21.9. The third-order valence-corrected chi connectivity index (χ3v) is 5.25. The number of morpholine rings is 1. The molecule has 2 heterocycles. The Kier molecular flexibility index (Phi) is 5.76. The quantitative estimate of drug-likeness (QED) is 0.764. The molecule has 158 valence electrons. The van der Waals surface area contributed by atoms with Gasteiger partial charge in [0.05, 0.1) is 39.7 Å². The molecule has 0 spiro atoms. The van der Waals surface area contributed by atoms with Gasteiger partial charge in [0.1, 0.15) is 5.75 Å². The second kappa shape index (κ2) is 8.62. The molecule has 2 aromatic carbocycles. The van der Waals surface area contributed by atoms with Gasteiger partial charge < -0.3 is 28.7 Å². The lowest BCUT2D eigenvalue weighted by Gasteiger charge is -2.37. The van der Waals surface area contributed by atoms with Gasteiger partial charge >= 0.3 is 0 Å². The Morgan fingerprint density at radius 3 is 2.47 bits per heavy atom. The van der Waals surface area contributed by atoms with E-state index in [9.17, 15) is 9.59 Å². The van der Waals surface area contributed by atoms with Crippen molar-refractivity contribution < 1.29 is 28.5 Å². The summed E-state index contributed by atoms with van der Waals surface area (Å²) in [6.45, 7) is 2.17. The van der Waals surface area contributed by atoms with Crippen molar-refractivity contribution in [2.24, 2.45) is 0 Å².